The summed E-state index contributed by atoms with van der Waals surface area (Å²) in [6.45, 7) is 3.22. The van der Waals surface area contributed by atoms with E-state index in [-0.39, 0.29) is 5.82 Å². The highest BCUT2D eigenvalue weighted by Gasteiger charge is 2.14. The first-order chi connectivity index (χ1) is 8.84. The lowest BCUT2D eigenvalue weighted by Crippen LogP contribution is -2.23. The molecule has 2 aromatic rings. The SMILES string of the molecule is Fc1cccc2scc(CN3CCCCCC3)c12. The molecule has 1 nitrogen and oxygen atoms in total. The highest BCUT2D eigenvalue weighted by Crippen LogP contribution is 2.29. The number of hydrogen-bond donors (Lipinski definition) is 0. The van der Waals surface area contributed by atoms with Crippen LogP contribution < -0.4 is 0 Å². The molecular formula is C15H18FNS. The van der Waals surface area contributed by atoms with Crippen molar-refractivity contribution in [3.63, 3.8) is 0 Å². The number of likely N-dealkylation sites (tertiary alicyclic amines) is 1. The lowest BCUT2D eigenvalue weighted by atomic mass is 10.1. The van der Waals surface area contributed by atoms with Gasteiger partial charge in [0.05, 0.1) is 0 Å². The van der Waals surface area contributed by atoms with Crippen LogP contribution in [0, 0.1) is 5.82 Å². The van der Waals surface area contributed by atoms with E-state index in [1.165, 1.54) is 25.7 Å². The molecule has 0 amide bonds. The normalized spacial score (nSPS) is 18.1. The van der Waals surface area contributed by atoms with Crippen LogP contribution in [-0.4, -0.2) is 18.0 Å². The lowest BCUT2D eigenvalue weighted by molar-refractivity contribution is 0.278. The van der Waals surface area contributed by atoms with E-state index in [1.54, 1.807) is 23.5 Å². The van der Waals surface area contributed by atoms with Crippen LogP contribution in [0.3, 0.4) is 0 Å². The fraction of sp³-hybridized carbons (Fsp3) is 0.467. The van der Waals surface area contributed by atoms with Gasteiger partial charge in [0.25, 0.3) is 0 Å². The van der Waals surface area contributed by atoms with Gasteiger partial charge in [-0.2, -0.15) is 0 Å². The standard InChI is InChI=1S/C15H18FNS/c16-13-6-5-7-14-15(13)12(11-18-14)10-17-8-3-1-2-4-9-17/h5-7,11H,1-4,8-10H2. The van der Waals surface area contributed by atoms with Gasteiger partial charge in [-0.15, -0.1) is 11.3 Å². The van der Waals surface area contributed by atoms with Gasteiger partial charge < -0.3 is 0 Å². The molecule has 96 valence electrons. The van der Waals surface area contributed by atoms with Crippen LogP contribution >= 0.6 is 11.3 Å². The minimum atomic E-state index is -0.0708. The molecule has 0 unspecified atom stereocenters. The van der Waals surface area contributed by atoms with E-state index < -0.39 is 0 Å². The Morgan fingerprint density at radius 2 is 1.89 bits per heavy atom. The summed E-state index contributed by atoms with van der Waals surface area (Å²) >= 11 is 1.66. The minimum Gasteiger partial charge on any atom is -0.299 e. The van der Waals surface area contributed by atoms with Crippen molar-refractivity contribution in [2.24, 2.45) is 0 Å². The quantitative estimate of drug-likeness (QED) is 0.775. The Hall–Kier alpha value is -0.930. The summed E-state index contributed by atoms with van der Waals surface area (Å²) in [4.78, 5) is 2.47. The smallest absolute Gasteiger partial charge is 0.132 e. The summed E-state index contributed by atoms with van der Waals surface area (Å²) in [6, 6.07) is 5.37. The first-order valence-electron chi connectivity index (χ1n) is 6.71. The highest BCUT2D eigenvalue weighted by atomic mass is 32.1. The van der Waals surface area contributed by atoms with Gasteiger partial charge in [-0.1, -0.05) is 18.9 Å². The third-order valence-electron chi connectivity index (χ3n) is 3.72. The average molecular weight is 263 g/mol. The van der Waals surface area contributed by atoms with Crippen molar-refractivity contribution in [1.82, 2.24) is 4.90 Å². The van der Waals surface area contributed by atoms with Gasteiger partial charge in [0.15, 0.2) is 0 Å². The van der Waals surface area contributed by atoms with E-state index in [0.29, 0.717) is 0 Å². The largest absolute Gasteiger partial charge is 0.299 e. The molecule has 1 aromatic carbocycles. The first kappa shape index (κ1) is 12.1. The van der Waals surface area contributed by atoms with Crippen LogP contribution in [0.2, 0.25) is 0 Å². The van der Waals surface area contributed by atoms with Gasteiger partial charge in [-0.3, -0.25) is 4.90 Å². The van der Waals surface area contributed by atoms with E-state index >= 15 is 0 Å². The van der Waals surface area contributed by atoms with Gasteiger partial charge in [-0.05, 0) is 49.0 Å². The maximum atomic E-state index is 13.9. The van der Waals surface area contributed by atoms with Crippen molar-refractivity contribution in [2.75, 3.05) is 13.1 Å². The predicted molar refractivity (Wildman–Crippen MR) is 75.5 cm³/mol. The molecule has 2 heterocycles. The number of fused-ring (bicyclic) bond motifs is 1. The molecular weight excluding hydrogens is 245 g/mol. The Kier molecular flexibility index (Phi) is 3.62. The summed E-state index contributed by atoms with van der Waals surface area (Å²) in [5.74, 6) is -0.0708. The van der Waals surface area contributed by atoms with Crippen LogP contribution in [0.15, 0.2) is 23.6 Å². The molecule has 0 spiro atoms. The van der Waals surface area contributed by atoms with Crippen LogP contribution in [0.5, 0.6) is 0 Å². The van der Waals surface area contributed by atoms with Gasteiger partial charge in [0.1, 0.15) is 5.82 Å². The third-order valence-corrected chi connectivity index (χ3v) is 4.71. The zero-order valence-electron chi connectivity index (χ0n) is 10.5. The summed E-state index contributed by atoms with van der Waals surface area (Å²) < 4.78 is 15.0. The summed E-state index contributed by atoms with van der Waals surface area (Å²) in [7, 11) is 0. The Morgan fingerprint density at radius 3 is 2.67 bits per heavy atom. The fourth-order valence-corrected chi connectivity index (χ4v) is 3.72. The Balaban J connectivity index is 1.85. The van der Waals surface area contributed by atoms with Crippen molar-refractivity contribution in [2.45, 2.75) is 32.2 Å². The summed E-state index contributed by atoms with van der Waals surface area (Å²) in [5, 5.41) is 2.96. The molecule has 0 N–H and O–H groups in total. The molecule has 0 saturated carbocycles. The zero-order valence-corrected chi connectivity index (χ0v) is 11.3. The summed E-state index contributed by atoms with van der Waals surface area (Å²) in [6.07, 6.45) is 5.25. The third kappa shape index (κ3) is 2.43. The Morgan fingerprint density at radius 1 is 1.11 bits per heavy atom. The van der Waals surface area contributed by atoms with Gasteiger partial charge >= 0.3 is 0 Å². The monoisotopic (exact) mass is 263 g/mol. The van der Waals surface area contributed by atoms with Crippen molar-refractivity contribution in [1.29, 1.82) is 0 Å². The van der Waals surface area contributed by atoms with Crippen LogP contribution in [0.4, 0.5) is 4.39 Å². The molecule has 18 heavy (non-hydrogen) atoms. The molecule has 3 rings (SSSR count). The minimum absolute atomic E-state index is 0.0708. The number of halogens is 1. The van der Waals surface area contributed by atoms with E-state index in [1.807, 2.05) is 6.07 Å². The number of nitrogens with zero attached hydrogens (tertiary/aromatic N) is 1. The number of rotatable bonds is 2. The van der Waals surface area contributed by atoms with Gasteiger partial charge in [0, 0.05) is 16.6 Å². The molecule has 1 aromatic heterocycles. The second-order valence-corrected chi connectivity index (χ2v) is 5.98. The Labute approximate surface area is 111 Å². The second-order valence-electron chi connectivity index (χ2n) is 5.06. The van der Waals surface area contributed by atoms with Crippen molar-refractivity contribution >= 4 is 21.4 Å². The zero-order chi connectivity index (χ0) is 12.4. The molecule has 1 saturated heterocycles. The molecule has 3 heteroatoms. The van der Waals surface area contributed by atoms with Crippen molar-refractivity contribution in [3.8, 4) is 0 Å². The molecule has 1 aliphatic rings. The van der Waals surface area contributed by atoms with E-state index in [2.05, 4.69) is 10.3 Å². The van der Waals surface area contributed by atoms with Gasteiger partial charge in [0.2, 0.25) is 0 Å². The Bertz CT molecular complexity index is 526. The highest BCUT2D eigenvalue weighted by molar-refractivity contribution is 7.17. The van der Waals surface area contributed by atoms with Crippen LogP contribution in [0.25, 0.3) is 10.1 Å². The number of hydrogen-bond acceptors (Lipinski definition) is 2. The van der Waals surface area contributed by atoms with Crippen molar-refractivity contribution in [3.05, 3.63) is 35.0 Å². The molecule has 1 aliphatic heterocycles. The molecule has 0 aliphatic carbocycles. The molecule has 0 atom stereocenters. The predicted octanol–water partition coefficient (Wildman–Crippen LogP) is 4.42. The van der Waals surface area contributed by atoms with E-state index in [9.17, 15) is 4.39 Å². The first-order valence-corrected chi connectivity index (χ1v) is 7.59. The van der Waals surface area contributed by atoms with Crippen molar-refractivity contribution < 1.29 is 4.39 Å². The van der Waals surface area contributed by atoms with Gasteiger partial charge in [-0.25, -0.2) is 4.39 Å². The second kappa shape index (κ2) is 5.37. The fourth-order valence-electron chi connectivity index (χ4n) is 2.76. The van der Waals surface area contributed by atoms with Crippen LogP contribution in [0.1, 0.15) is 31.2 Å². The topological polar surface area (TPSA) is 3.24 Å². The summed E-state index contributed by atoms with van der Waals surface area (Å²) in [5.41, 5.74) is 1.16. The average Bonchev–Trinajstić information content (AvgIpc) is 2.60. The lowest BCUT2D eigenvalue weighted by Gasteiger charge is -2.19. The van der Waals surface area contributed by atoms with E-state index in [0.717, 1.165) is 35.3 Å². The maximum absolute atomic E-state index is 13.9. The number of thiophene rings is 1. The van der Waals surface area contributed by atoms with E-state index in [4.69, 9.17) is 0 Å². The molecule has 0 bridgehead atoms. The molecule has 1 fully saturated rings. The molecule has 0 radical (unpaired) electrons. The maximum Gasteiger partial charge on any atom is 0.132 e. The number of benzene rings is 1. The van der Waals surface area contributed by atoms with Crippen LogP contribution in [-0.2, 0) is 6.54 Å².